The van der Waals surface area contributed by atoms with E-state index in [0.29, 0.717) is 24.8 Å². The zero-order chi connectivity index (χ0) is 18.5. The van der Waals surface area contributed by atoms with E-state index in [4.69, 9.17) is 9.47 Å². The molecule has 0 N–H and O–H groups in total. The number of anilines is 1. The minimum atomic E-state index is 0.00403. The molecule has 1 amide bonds. The fourth-order valence-corrected chi connectivity index (χ4v) is 2.93. The van der Waals surface area contributed by atoms with E-state index in [1.165, 1.54) is 0 Å². The second-order valence-electron chi connectivity index (χ2n) is 6.24. The first kappa shape index (κ1) is 18.0. The Labute approximate surface area is 153 Å². The molecule has 0 bridgehead atoms. The van der Waals surface area contributed by atoms with Gasteiger partial charge in [-0.3, -0.25) is 4.79 Å². The second-order valence-corrected chi connectivity index (χ2v) is 6.24. The number of hydrogen-bond donors (Lipinski definition) is 0. The largest absolute Gasteiger partial charge is 0.484 e. The lowest BCUT2D eigenvalue weighted by Gasteiger charge is -2.35. The summed E-state index contributed by atoms with van der Waals surface area (Å²) in [6.45, 7) is 6.59. The lowest BCUT2D eigenvalue weighted by atomic mass is 10.2. The van der Waals surface area contributed by atoms with Gasteiger partial charge in [0.25, 0.3) is 5.91 Å². The molecule has 1 aromatic carbocycles. The quantitative estimate of drug-likeness (QED) is 0.814. The van der Waals surface area contributed by atoms with Gasteiger partial charge in [0.05, 0.1) is 7.11 Å². The van der Waals surface area contributed by atoms with Crippen LogP contribution in [-0.4, -0.2) is 60.7 Å². The van der Waals surface area contributed by atoms with E-state index >= 15 is 0 Å². The van der Waals surface area contributed by atoms with Crippen LogP contribution in [0.1, 0.15) is 11.4 Å². The molecule has 7 nitrogen and oxygen atoms in total. The lowest BCUT2D eigenvalue weighted by molar-refractivity contribution is -0.133. The molecule has 0 saturated carbocycles. The van der Waals surface area contributed by atoms with Gasteiger partial charge in [-0.15, -0.1) is 0 Å². The number of carbonyl (C=O) groups is 1. The molecule has 1 fully saturated rings. The highest BCUT2D eigenvalue weighted by Crippen LogP contribution is 2.19. The van der Waals surface area contributed by atoms with Gasteiger partial charge < -0.3 is 19.3 Å². The molecule has 138 valence electrons. The van der Waals surface area contributed by atoms with Crippen LogP contribution in [0.3, 0.4) is 0 Å². The number of piperazine rings is 1. The molecule has 26 heavy (non-hydrogen) atoms. The predicted molar refractivity (Wildman–Crippen MR) is 98.8 cm³/mol. The van der Waals surface area contributed by atoms with E-state index in [1.54, 1.807) is 7.11 Å². The summed E-state index contributed by atoms with van der Waals surface area (Å²) in [6, 6.07) is 9.53. The predicted octanol–water partition coefficient (Wildman–Crippen LogP) is 1.83. The van der Waals surface area contributed by atoms with Gasteiger partial charge in [-0.05, 0) is 25.5 Å². The summed E-state index contributed by atoms with van der Waals surface area (Å²) >= 11 is 0. The van der Waals surface area contributed by atoms with Crippen LogP contribution in [0, 0.1) is 13.8 Å². The highest BCUT2D eigenvalue weighted by atomic mass is 16.5. The molecule has 0 atom stereocenters. The Balaban J connectivity index is 1.54. The van der Waals surface area contributed by atoms with E-state index in [-0.39, 0.29) is 12.5 Å². The van der Waals surface area contributed by atoms with Crippen molar-refractivity contribution in [2.45, 2.75) is 13.8 Å². The molecule has 0 radical (unpaired) electrons. The third kappa shape index (κ3) is 4.22. The average molecular weight is 356 g/mol. The summed E-state index contributed by atoms with van der Waals surface area (Å²) in [5, 5.41) is 0. The number of para-hydroxylation sites is 1. The van der Waals surface area contributed by atoms with Crippen LogP contribution in [0.5, 0.6) is 11.6 Å². The van der Waals surface area contributed by atoms with Crippen LogP contribution < -0.4 is 14.4 Å². The van der Waals surface area contributed by atoms with Crippen molar-refractivity contribution >= 4 is 11.7 Å². The van der Waals surface area contributed by atoms with E-state index in [9.17, 15) is 4.79 Å². The molecule has 1 aliphatic rings. The molecule has 0 spiro atoms. The van der Waals surface area contributed by atoms with Crippen LogP contribution in [0.25, 0.3) is 0 Å². The van der Waals surface area contributed by atoms with Gasteiger partial charge in [-0.1, -0.05) is 18.2 Å². The van der Waals surface area contributed by atoms with Crippen molar-refractivity contribution in [3.63, 3.8) is 0 Å². The molecule has 2 aromatic rings. The molecule has 0 unspecified atom stereocenters. The van der Waals surface area contributed by atoms with Gasteiger partial charge >= 0.3 is 0 Å². The van der Waals surface area contributed by atoms with Crippen molar-refractivity contribution in [3.8, 4) is 11.6 Å². The Morgan fingerprint density at radius 2 is 1.85 bits per heavy atom. The maximum Gasteiger partial charge on any atom is 0.260 e. The molecule has 2 heterocycles. The Bertz CT molecular complexity index is 773. The minimum Gasteiger partial charge on any atom is -0.484 e. The molecule has 1 saturated heterocycles. The third-order valence-corrected chi connectivity index (χ3v) is 4.41. The van der Waals surface area contributed by atoms with E-state index < -0.39 is 0 Å². The summed E-state index contributed by atoms with van der Waals surface area (Å²) in [7, 11) is 1.59. The third-order valence-electron chi connectivity index (χ3n) is 4.41. The maximum atomic E-state index is 12.4. The standard InChI is InChI=1S/C19H24N4O3/c1-14-6-4-5-7-16(14)26-13-19(24)23-10-8-22(9-11-23)17-12-18(25-3)21-15(2)20-17/h4-7,12H,8-11,13H2,1-3H3. The molecule has 1 aromatic heterocycles. The van der Waals surface area contributed by atoms with Crippen LogP contribution >= 0.6 is 0 Å². The number of hydrogen-bond acceptors (Lipinski definition) is 6. The van der Waals surface area contributed by atoms with Gasteiger partial charge in [0.2, 0.25) is 5.88 Å². The first-order chi connectivity index (χ1) is 12.6. The summed E-state index contributed by atoms with van der Waals surface area (Å²) in [6.07, 6.45) is 0. The normalized spacial score (nSPS) is 14.3. The topological polar surface area (TPSA) is 67.8 Å². The fraction of sp³-hybridized carbons (Fsp3) is 0.421. The van der Waals surface area contributed by atoms with Crippen molar-refractivity contribution < 1.29 is 14.3 Å². The zero-order valence-electron chi connectivity index (χ0n) is 15.4. The Hall–Kier alpha value is -2.83. The Morgan fingerprint density at radius 1 is 1.12 bits per heavy atom. The van der Waals surface area contributed by atoms with Crippen molar-refractivity contribution in [2.75, 3.05) is 44.8 Å². The Morgan fingerprint density at radius 3 is 2.54 bits per heavy atom. The van der Waals surface area contributed by atoms with E-state index in [0.717, 1.165) is 30.2 Å². The van der Waals surface area contributed by atoms with Gasteiger partial charge in [0.1, 0.15) is 17.4 Å². The summed E-state index contributed by atoms with van der Waals surface area (Å²) in [5.74, 6) is 2.81. The van der Waals surface area contributed by atoms with Crippen LogP contribution in [0.2, 0.25) is 0 Å². The Kier molecular flexibility index (Phi) is 5.55. The number of methoxy groups -OCH3 is 1. The molecule has 0 aliphatic carbocycles. The highest BCUT2D eigenvalue weighted by molar-refractivity contribution is 5.78. The van der Waals surface area contributed by atoms with Crippen molar-refractivity contribution in [2.24, 2.45) is 0 Å². The number of aryl methyl sites for hydroxylation is 2. The van der Waals surface area contributed by atoms with Crippen molar-refractivity contribution in [3.05, 3.63) is 41.7 Å². The smallest absolute Gasteiger partial charge is 0.260 e. The lowest BCUT2D eigenvalue weighted by Crippen LogP contribution is -2.50. The zero-order valence-corrected chi connectivity index (χ0v) is 15.4. The maximum absolute atomic E-state index is 12.4. The number of ether oxygens (including phenoxy) is 2. The summed E-state index contributed by atoms with van der Waals surface area (Å²) in [4.78, 5) is 25.1. The van der Waals surface area contributed by atoms with Gasteiger partial charge in [0.15, 0.2) is 6.61 Å². The monoisotopic (exact) mass is 356 g/mol. The molecular weight excluding hydrogens is 332 g/mol. The molecule has 3 rings (SSSR count). The second kappa shape index (κ2) is 8.03. The summed E-state index contributed by atoms with van der Waals surface area (Å²) < 4.78 is 10.9. The average Bonchev–Trinajstić information content (AvgIpc) is 2.66. The summed E-state index contributed by atoms with van der Waals surface area (Å²) in [5.41, 5.74) is 1.03. The van der Waals surface area contributed by atoms with Crippen LogP contribution in [0.15, 0.2) is 30.3 Å². The van der Waals surface area contributed by atoms with Crippen LogP contribution in [-0.2, 0) is 4.79 Å². The number of benzene rings is 1. The molecule has 1 aliphatic heterocycles. The first-order valence-corrected chi connectivity index (χ1v) is 8.67. The fourth-order valence-electron chi connectivity index (χ4n) is 2.93. The molecular formula is C19H24N4O3. The first-order valence-electron chi connectivity index (χ1n) is 8.67. The van der Waals surface area contributed by atoms with E-state index in [2.05, 4.69) is 14.9 Å². The highest BCUT2D eigenvalue weighted by Gasteiger charge is 2.23. The molecule has 7 heteroatoms. The number of aromatic nitrogens is 2. The van der Waals surface area contributed by atoms with E-state index in [1.807, 2.05) is 49.1 Å². The number of nitrogens with zero attached hydrogens (tertiary/aromatic N) is 4. The van der Waals surface area contributed by atoms with Crippen molar-refractivity contribution in [1.29, 1.82) is 0 Å². The van der Waals surface area contributed by atoms with Gasteiger partial charge in [-0.25, -0.2) is 4.98 Å². The SMILES string of the molecule is COc1cc(N2CCN(C(=O)COc3ccccc3C)CC2)nc(C)n1. The van der Waals surface area contributed by atoms with Gasteiger partial charge in [-0.2, -0.15) is 4.98 Å². The number of rotatable bonds is 5. The minimum absolute atomic E-state index is 0.00403. The number of carbonyl (C=O) groups excluding carboxylic acids is 1. The van der Waals surface area contributed by atoms with Gasteiger partial charge in [0, 0.05) is 32.2 Å². The number of amides is 1. The van der Waals surface area contributed by atoms with Crippen LogP contribution in [0.4, 0.5) is 5.82 Å². The van der Waals surface area contributed by atoms with Crippen molar-refractivity contribution in [1.82, 2.24) is 14.9 Å².